The van der Waals surface area contributed by atoms with Gasteiger partial charge in [0.25, 0.3) is 0 Å². The summed E-state index contributed by atoms with van der Waals surface area (Å²) in [5.74, 6) is -0.965. The molecule has 2 N–H and O–H groups in total. The normalized spacial score (nSPS) is 11.2. The number of nitrogens with zero attached hydrogens (tertiary/aromatic N) is 1. The van der Waals surface area contributed by atoms with E-state index in [-0.39, 0.29) is 0 Å². The van der Waals surface area contributed by atoms with Crippen LogP contribution < -0.4 is 11.1 Å². The number of rotatable bonds is 2. The van der Waals surface area contributed by atoms with Gasteiger partial charge >= 0.3 is 5.76 Å². The van der Waals surface area contributed by atoms with Crippen LogP contribution in [-0.2, 0) is 4.79 Å². The SMILES string of the molecule is CC(C)(C#N)C(=O)Nc1ccc2[nH]c(=O)oc2c1. The number of carbonyl (C=O) groups is 1. The van der Waals surface area contributed by atoms with Gasteiger partial charge in [-0.2, -0.15) is 5.26 Å². The lowest BCUT2D eigenvalue weighted by Gasteiger charge is -2.14. The molecule has 0 saturated carbocycles. The highest BCUT2D eigenvalue weighted by molar-refractivity contribution is 5.97. The fraction of sp³-hybridized carbons (Fsp3) is 0.250. The molecule has 2 aromatic rings. The van der Waals surface area contributed by atoms with Crippen molar-refractivity contribution < 1.29 is 9.21 Å². The van der Waals surface area contributed by atoms with Gasteiger partial charge in [0.1, 0.15) is 5.41 Å². The van der Waals surface area contributed by atoms with E-state index in [4.69, 9.17) is 9.68 Å². The second-order valence-electron chi connectivity index (χ2n) is 4.42. The van der Waals surface area contributed by atoms with Gasteiger partial charge in [0, 0.05) is 11.8 Å². The van der Waals surface area contributed by atoms with Crippen LogP contribution in [0.1, 0.15) is 13.8 Å². The summed E-state index contributed by atoms with van der Waals surface area (Å²) < 4.78 is 4.87. The number of nitrogens with one attached hydrogen (secondary N) is 2. The number of hydrogen-bond donors (Lipinski definition) is 2. The fourth-order valence-electron chi connectivity index (χ4n) is 1.36. The third-order valence-electron chi connectivity index (χ3n) is 2.53. The highest BCUT2D eigenvalue weighted by Gasteiger charge is 2.27. The number of oxazole rings is 1. The lowest BCUT2D eigenvalue weighted by Crippen LogP contribution is -2.29. The van der Waals surface area contributed by atoms with Gasteiger partial charge in [-0.15, -0.1) is 0 Å². The summed E-state index contributed by atoms with van der Waals surface area (Å²) in [6.45, 7) is 3.05. The summed E-state index contributed by atoms with van der Waals surface area (Å²) in [6, 6.07) is 6.68. The number of nitriles is 1. The molecule has 0 unspecified atom stereocenters. The molecule has 0 bridgehead atoms. The summed E-state index contributed by atoms with van der Waals surface area (Å²) in [4.78, 5) is 25.2. The minimum Gasteiger partial charge on any atom is -0.408 e. The summed E-state index contributed by atoms with van der Waals surface area (Å²) in [5.41, 5.74) is 0.261. The summed E-state index contributed by atoms with van der Waals surface area (Å²) in [7, 11) is 0. The van der Waals surface area contributed by atoms with Crippen molar-refractivity contribution in [2.75, 3.05) is 5.32 Å². The molecular weight excluding hydrogens is 234 g/mol. The number of benzene rings is 1. The zero-order chi connectivity index (χ0) is 13.3. The molecule has 6 heteroatoms. The number of fused-ring (bicyclic) bond motifs is 1. The highest BCUT2D eigenvalue weighted by atomic mass is 16.4. The molecule has 1 aromatic heterocycles. The molecule has 0 aliphatic rings. The van der Waals surface area contributed by atoms with Crippen molar-refractivity contribution >= 4 is 22.7 Å². The molecule has 1 aromatic carbocycles. The zero-order valence-corrected chi connectivity index (χ0v) is 9.90. The van der Waals surface area contributed by atoms with E-state index >= 15 is 0 Å². The Morgan fingerprint density at radius 1 is 1.50 bits per heavy atom. The molecule has 18 heavy (non-hydrogen) atoms. The van der Waals surface area contributed by atoms with E-state index in [1.54, 1.807) is 12.1 Å². The van der Waals surface area contributed by atoms with Crippen molar-refractivity contribution in [2.24, 2.45) is 5.41 Å². The van der Waals surface area contributed by atoms with Gasteiger partial charge in [-0.3, -0.25) is 9.78 Å². The van der Waals surface area contributed by atoms with Gasteiger partial charge in [-0.25, -0.2) is 4.79 Å². The molecule has 0 fully saturated rings. The van der Waals surface area contributed by atoms with Gasteiger partial charge < -0.3 is 9.73 Å². The molecule has 6 nitrogen and oxygen atoms in total. The first-order valence-electron chi connectivity index (χ1n) is 5.28. The van der Waals surface area contributed by atoms with Crippen LogP contribution in [0.4, 0.5) is 5.69 Å². The molecule has 0 radical (unpaired) electrons. The van der Waals surface area contributed by atoms with Crippen molar-refractivity contribution in [3.05, 3.63) is 28.7 Å². The first-order valence-corrected chi connectivity index (χ1v) is 5.28. The van der Waals surface area contributed by atoms with Gasteiger partial charge in [0.15, 0.2) is 5.58 Å². The minimum absolute atomic E-state index is 0.354. The predicted octanol–water partition coefficient (Wildman–Crippen LogP) is 1.61. The molecular formula is C12H11N3O3. The lowest BCUT2D eigenvalue weighted by molar-refractivity contribution is -0.121. The summed E-state index contributed by atoms with van der Waals surface area (Å²) >= 11 is 0. The molecule has 0 aliphatic heterocycles. The standard InChI is InChI=1S/C12H11N3O3/c1-12(2,6-13)10(16)14-7-3-4-8-9(5-7)18-11(17)15-8/h3-5H,1-2H3,(H,14,16)(H,15,17). The molecule has 1 heterocycles. The van der Waals surface area contributed by atoms with E-state index in [1.807, 2.05) is 6.07 Å². The topological polar surface area (TPSA) is 98.9 Å². The third-order valence-corrected chi connectivity index (χ3v) is 2.53. The maximum absolute atomic E-state index is 11.8. The smallest absolute Gasteiger partial charge is 0.408 e. The van der Waals surface area contributed by atoms with E-state index in [9.17, 15) is 9.59 Å². The molecule has 0 atom stereocenters. The second kappa shape index (κ2) is 4.04. The Bertz CT molecular complexity index is 703. The van der Waals surface area contributed by atoms with Gasteiger partial charge in [-0.1, -0.05) is 0 Å². The van der Waals surface area contributed by atoms with E-state index in [0.717, 1.165) is 0 Å². The monoisotopic (exact) mass is 245 g/mol. The maximum atomic E-state index is 11.8. The van der Waals surface area contributed by atoms with E-state index < -0.39 is 17.1 Å². The zero-order valence-electron chi connectivity index (χ0n) is 9.90. The van der Waals surface area contributed by atoms with Crippen LogP contribution in [0.25, 0.3) is 11.1 Å². The minimum atomic E-state index is -1.12. The first-order chi connectivity index (χ1) is 8.42. The van der Waals surface area contributed by atoms with Crippen molar-refractivity contribution in [3.8, 4) is 6.07 Å². The van der Waals surface area contributed by atoms with Crippen molar-refractivity contribution in [3.63, 3.8) is 0 Å². The Morgan fingerprint density at radius 3 is 2.89 bits per heavy atom. The molecule has 1 amide bonds. The average Bonchev–Trinajstić information content (AvgIpc) is 2.68. The van der Waals surface area contributed by atoms with Crippen LogP contribution >= 0.6 is 0 Å². The number of aromatic amines is 1. The van der Waals surface area contributed by atoms with Crippen LogP contribution in [-0.4, -0.2) is 10.9 Å². The number of H-pyrrole nitrogens is 1. The van der Waals surface area contributed by atoms with Crippen LogP contribution in [0.2, 0.25) is 0 Å². The number of amides is 1. The number of anilines is 1. The number of carbonyl (C=O) groups excluding carboxylic acids is 1. The van der Waals surface area contributed by atoms with Crippen LogP contribution in [0.5, 0.6) is 0 Å². The third kappa shape index (κ3) is 2.11. The van der Waals surface area contributed by atoms with E-state index in [0.29, 0.717) is 16.8 Å². The van der Waals surface area contributed by atoms with E-state index in [2.05, 4.69) is 10.3 Å². The summed E-state index contributed by atoms with van der Waals surface area (Å²) in [5, 5.41) is 11.4. The molecule has 0 aliphatic carbocycles. The average molecular weight is 245 g/mol. The Hall–Kier alpha value is -2.55. The van der Waals surface area contributed by atoms with Crippen molar-refractivity contribution in [2.45, 2.75) is 13.8 Å². The van der Waals surface area contributed by atoms with Crippen LogP contribution in [0.3, 0.4) is 0 Å². The summed E-state index contributed by atoms with van der Waals surface area (Å²) in [6.07, 6.45) is 0. The van der Waals surface area contributed by atoms with Crippen molar-refractivity contribution in [1.82, 2.24) is 4.98 Å². The van der Waals surface area contributed by atoms with Gasteiger partial charge in [0.05, 0.1) is 11.6 Å². The van der Waals surface area contributed by atoms with Crippen LogP contribution in [0.15, 0.2) is 27.4 Å². The van der Waals surface area contributed by atoms with Crippen molar-refractivity contribution in [1.29, 1.82) is 5.26 Å². The number of aromatic nitrogens is 1. The van der Waals surface area contributed by atoms with Gasteiger partial charge in [0.2, 0.25) is 5.91 Å². The Kier molecular flexibility index (Phi) is 2.67. The van der Waals surface area contributed by atoms with Crippen LogP contribution in [0, 0.1) is 16.7 Å². The Labute approximate surface area is 102 Å². The second-order valence-corrected chi connectivity index (χ2v) is 4.42. The van der Waals surface area contributed by atoms with Gasteiger partial charge in [-0.05, 0) is 26.0 Å². The first kappa shape index (κ1) is 11.9. The quantitative estimate of drug-likeness (QED) is 0.839. The Balaban J connectivity index is 2.30. The van der Waals surface area contributed by atoms with E-state index in [1.165, 1.54) is 19.9 Å². The molecule has 0 saturated heterocycles. The molecule has 0 spiro atoms. The molecule has 92 valence electrons. The largest absolute Gasteiger partial charge is 0.417 e. The predicted molar refractivity (Wildman–Crippen MR) is 64.9 cm³/mol. The maximum Gasteiger partial charge on any atom is 0.417 e. The highest BCUT2D eigenvalue weighted by Crippen LogP contribution is 2.20. The number of hydrogen-bond acceptors (Lipinski definition) is 4. The fourth-order valence-corrected chi connectivity index (χ4v) is 1.36. The molecule has 2 rings (SSSR count). The Morgan fingerprint density at radius 2 is 2.22 bits per heavy atom. The lowest BCUT2D eigenvalue weighted by atomic mass is 9.94.